The molecule has 0 radical (unpaired) electrons. The lowest BCUT2D eigenvalue weighted by Gasteiger charge is -2.13. The summed E-state index contributed by atoms with van der Waals surface area (Å²) < 4.78 is 0. The highest BCUT2D eigenvalue weighted by Gasteiger charge is 2.22. The zero-order chi connectivity index (χ0) is 13.5. The van der Waals surface area contributed by atoms with Crippen molar-refractivity contribution in [3.63, 3.8) is 0 Å². The lowest BCUT2D eigenvalue weighted by Crippen LogP contribution is -2.32. The predicted octanol–water partition coefficient (Wildman–Crippen LogP) is 0.854. The highest BCUT2D eigenvalue weighted by molar-refractivity contribution is 6.12. The van der Waals surface area contributed by atoms with Crippen LogP contribution in [0.25, 0.3) is 0 Å². The second-order valence-corrected chi connectivity index (χ2v) is 4.80. The van der Waals surface area contributed by atoms with Crippen molar-refractivity contribution < 1.29 is 14.4 Å². The first-order chi connectivity index (χ1) is 8.50. The molecule has 1 rings (SSSR count). The van der Waals surface area contributed by atoms with Crippen LogP contribution < -0.4 is 5.32 Å². The van der Waals surface area contributed by atoms with Gasteiger partial charge in [0.25, 0.3) is 11.8 Å². The maximum Gasteiger partial charge on any atom is 0.253 e. The highest BCUT2D eigenvalue weighted by atomic mass is 16.2. The smallest absolute Gasteiger partial charge is 0.253 e. The number of nitrogens with zero attached hydrogens (tertiary/aromatic N) is 1. The molecule has 5 heteroatoms. The average molecular weight is 252 g/mol. The first-order valence-electron chi connectivity index (χ1n) is 6.31. The Balaban J connectivity index is 2.12. The summed E-state index contributed by atoms with van der Waals surface area (Å²) in [6, 6.07) is 0. The fourth-order valence-corrected chi connectivity index (χ4v) is 1.64. The molecule has 0 fully saturated rings. The van der Waals surface area contributed by atoms with E-state index >= 15 is 0 Å². The Kier molecular flexibility index (Phi) is 5.55. The topological polar surface area (TPSA) is 66.5 Å². The van der Waals surface area contributed by atoms with E-state index in [1.165, 1.54) is 12.2 Å². The number of nitrogens with one attached hydrogen (secondary N) is 1. The summed E-state index contributed by atoms with van der Waals surface area (Å²) in [5.74, 6) is -0.0423. The van der Waals surface area contributed by atoms with E-state index in [-0.39, 0.29) is 17.7 Å². The van der Waals surface area contributed by atoms with E-state index in [0.29, 0.717) is 31.8 Å². The maximum absolute atomic E-state index is 11.4. The van der Waals surface area contributed by atoms with Crippen molar-refractivity contribution >= 4 is 17.7 Å². The van der Waals surface area contributed by atoms with E-state index in [9.17, 15) is 14.4 Å². The van der Waals surface area contributed by atoms with Crippen molar-refractivity contribution in [1.82, 2.24) is 10.2 Å². The number of amides is 3. The molecular weight excluding hydrogens is 232 g/mol. The number of imide groups is 1. The Hall–Kier alpha value is -1.65. The zero-order valence-electron chi connectivity index (χ0n) is 10.9. The Labute approximate surface area is 107 Å². The van der Waals surface area contributed by atoms with Crippen LogP contribution in [0.3, 0.4) is 0 Å². The molecule has 0 aliphatic carbocycles. The minimum Gasteiger partial charge on any atom is -0.356 e. The molecule has 0 atom stereocenters. The molecule has 0 aromatic heterocycles. The number of carbonyl (C=O) groups excluding carboxylic acids is 3. The minimum absolute atomic E-state index is 0.0253. The fourth-order valence-electron chi connectivity index (χ4n) is 1.64. The van der Waals surface area contributed by atoms with Crippen LogP contribution in [0.1, 0.15) is 33.1 Å². The lowest BCUT2D eigenvalue weighted by atomic mass is 10.1. The van der Waals surface area contributed by atoms with Crippen LogP contribution in [0.15, 0.2) is 12.2 Å². The second kappa shape index (κ2) is 6.93. The van der Waals surface area contributed by atoms with Gasteiger partial charge in [-0.3, -0.25) is 19.3 Å². The summed E-state index contributed by atoms with van der Waals surface area (Å²) in [5.41, 5.74) is 0. The van der Waals surface area contributed by atoms with Gasteiger partial charge in [-0.2, -0.15) is 0 Å². The molecular formula is C13H20N2O3. The summed E-state index contributed by atoms with van der Waals surface area (Å²) in [4.78, 5) is 35.1. The first kappa shape index (κ1) is 14.4. The van der Waals surface area contributed by atoms with Gasteiger partial charge in [0.2, 0.25) is 5.91 Å². The predicted molar refractivity (Wildman–Crippen MR) is 67.6 cm³/mol. The first-order valence-corrected chi connectivity index (χ1v) is 6.31. The normalized spacial score (nSPS) is 14.7. The molecule has 3 amide bonds. The van der Waals surface area contributed by atoms with Crippen LogP contribution in [-0.4, -0.2) is 35.7 Å². The number of hydrogen-bond acceptors (Lipinski definition) is 3. The number of rotatable bonds is 7. The van der Waals surface area contributed by atoms with Gasteiger partial charge < -0.3 is 5.32 Å². The van der Waals surface area contributed by atoms with Gasteiger partial charge in [-0.25, -0.2) is 0 Å². The van der Waals surface area contributed by atoms with Crippen LogP contribution in [0, 0.1) is 5.92 Å². The summed E-state index contributed by atoms with van der Waals surface area (Å²) >= 11 is 0. The molecule has 0 bridgehead atoms. The third-order valence-corrected chi connectivity index (χ3v) is 2.73. The van der Waals surface area contributed by atoms with Crippen molar-refractivity contribution in [3.8, 4) is 0 Å². The van der Waals surface area contributed by atoms with Gasteiger partial charge in [0, 0.05) is 31.7 Å². The van der Waals surface area contributed by atoms with Gasteiger partial charge in [-0.05, 0) is 18.8 Å². The third-order valence-electron chi connectivity index (χ3n) is 2.73. The van der Waals surface area contributed by atoms with Gasteiger partial charge in [0.15, 0.2) is 0 Å². The summed E-state index contributed by atoms with van der Waals surface area (Å²) in [6.45, 7) is 5.19. The summed E-state index contributed by atoms with van der Waals surface area (Å²) in [7, 11) is 0. The fraction of sp³-hybridized carbons (Fsp3) is 0.615. The second-order valence-electron chi connectivity index (χ2n) is 4.80. The van der Waals surface area contributed by atoms with Crippen molar-refractivity contribution in [2.45, 2.75) is 33.1 Å². The molecule has 1 aliphatic heterocycles. The van der Waals surface area contributed by atoms with Crippen molar-refractivity contribution in [1.29, 1.82) is 0 Å². The van der Waals surface area contributed by atoms with Crippen LogP contribution in [0.4, 0.5) is 0 Å². The van der Waals surface area contributed by atoms with Crippen LogP contribution in [-0.2, 0) is 14.4 Å². The Bertz CT molecular complexity index is 343. The number of hydrogen-bond donors (Lipinski definition) is 1. The van der Waals surface area contributed by atoms with Crippen molar-refractivity contribution in [2.24, 2.45) is 5.92 Å². The van der Waals surface area contributed by atoms with E-state index in [1.54, 1.807) is 0 Å². The van der Waals surface area contributed by atoms with Crippen LogP contribution in [0.2, 0.25) is 0 Å². The lowest BCUT2D eigenvalue weighted by molar-refractivity contribution is -0.137. The van der Waals surface area contributed by atoms with Gasteiger partial charge >= 0.3 is 0 Å². The molecule has 1 N–H and O–H groups in total. The van der Waals surface area contributed by atoms with Gasteiger partial charge in [0.05, 0.1) is 0 Å². The molecule has 0 saturated heterocycles. The van der Waals surface area contributed by atoms with E-state index in [4.69, 9.17) is 0 Å². The average Bonchev–Trinajstić information content (AvgIpc) is 2.60. The molecule has 0 saturated carbocycles. The summed E-state index contributed by atoms with van der Waals surface area (Å²) in [5, 5.41) is 2.82. The van der Waals surface area contributed by atoms with Crippen molar-refractivity contribution in [3.05, 3.63) is 12.2 Å². The zero-order valence-corrected chi connectivity index (χ0v) is 10.9. The molecule has 0 aromatic rings. The molecule has 0 aromatic carbocycles. The molecule has 0 unspecified atom stereocenters. The van der Waals surface area contributed by atoms with E-state index in [1.807, 2.05) is 0 Å². The van der Waals surface area contributed by atoms with Gasteiger partial charge in [-0.1, -0.05) is 13.8 Å². The standard InChI is InChI=1S/C13H20N2O3/c1-10(2)7-8-14-11(16)4-3-9-15-12(17)5-6-13(15)18/h5-6,10H,3-4,7-9H2,1-2H3,(H,14,16). The number of carbonyl (C=O) groups is 3. The van der Waals surface area contributed by atoms with E-state index < -0.39 is 0 Å². The van der Waals surface area contributed by atoms with E-state index in [2.05, 4.69) is 19.2 Å². The molecule has 100 valence electrons. The van der Waals surface area contributed by atoms with Gasteiger partial charge in [0.1, 0.15) is 0 Å². The van der Waals surface area contributed by atoms with E-state index in [0.717, 1.165) is 11.3 Å². The van der Waals surface area contributed by atoms with Crippen molar-refractivity contribution in [2.75, 3.05) is 13.1 Å². The largest absolute Gasteiger partial charge is 0.356 e. The Morgan fingerprint density at radius 2 is 1.89 bits per heavy atom. The Morgan fingerprint density at radius 3 is 2.44 bits per heavy atom. The molecule has 18 heavy (non-hydrogen) atoms. The maximum atomic E-state index is 11.4. The SMILES string of the molecule is CC(C)CCNC(=O)CCCN1C(=O)C=CC1=O. The van der Waals surface area contributed by atoms with Gasteiger partial charge in [-0.15, -0.1) is 0 Å². The Morgan fingerprint density at radius 1 is 1.28 bits per heavy atom. The highest BCUT2D eigenvalue weighted by Crippen LogP contribution is 2.05. The van der Waals surface area contributed by atoms with Crippen LogP contribution >= 0.6 is 0 Å². The summed E-state index contributed by atoms with van der Waals surface area (Å²) in [6.07, 6.45) is 4.32. The molecule has 0 spiro atoms. The minimum atomic E-state index is -0.291. The molecule has 1 heterocycles. The van der Waals surface area contributed by atoms with Crippen LogP contribution in [0.5, 0.6) is 0 Å². The molecule has 1 aliphatic rings. The monoisotopic (exact) mass is 252 g/mol. The quantitative estimate of drug-likeness (QED) is 0.683. The molecule has 5 nitrogen and oxygen atoms in total. The third kappa shape index (κ3) is 4.69.